The zero-order valence-electron chi connectivity index (χ0n) is 23.3. The maximum absolute atomic E-state index is 13.3. The number of carbonyl (C=O) groups is 3. The number of carbonyl (C=O) groups excluding carboxylic acids is 3. The van der Waals surface area contributed by atoms with Gasteiger partial charge in [-0.15, -0.1) is 0 Å². The minimum atomic E-state index is -1.08. The number of amides is 2. The average Bonchev–Trinajstić information content (AvgIpc) is 2.99. The molecule has 0 saturated carbocycles. The maximum atomic E-state index is 13.3. The molecule has 0 radical (unpaired) electrons. The van der Waals surface area contributed by atoms with Gasteiger partial charge in [-0.1, -0.05) is 42.5 Å². The molecule has 2 amide bonds. The van der Waals surface area contributed by atoms with Crippen LogP contribution in [0.3, 0.4) is 0 Å². The molecule has 0 bridgehead atoms. The number of anilines is 1. The van der Waals surface area contributed by atoms with Gasteiger partial charge in [0.15, 0.2) is 5.78 Å². The van der Waals surface area contributed by atoms with Gasteiger partial charge >= 0.3 is 0 Å². The van der Waals surface area contributed by atoms with Crippen molar-refractivity contribution in [3.63, 3.8) is 0 Å². The molecule has 7 N–H and O–H groups in total. The van der Waals surface area contributed by atoms with E-state index >= 15 is 0 Å². The van der Waals surface area contributed by atoms with Crippen LogP contribution in [-0.2, 0) is 32.0 Å². The van der Waals surface area contributed by atoms with Gasteiger partial charge in [-0.3, -0.25) is 14.4 Å². The molecule has 1 aliphatic rings. The van der Waals surface area contributed by atoms with Crippen molar-refractivity contribution in [2.24, 2.45) is 17.2 Å². The van der Waals surface area contributed by atoms with E-state index in [1.807, 2.05) is 42.5 Å². The topological polar surface area (TPSA) is 157 Å². The molecule has 0 unspecified atom stereocenters. The SMILES string of the molecule is NCCN(CCN)C(=O)C[C@H](N)C(=O)N[C@@H](CCc1ccccc1)C(=O)CCc1ccc(N2CCOCC2)cc1. The molecule has 40 heavy (non-hydrogen) atoms. The van der Waals surface area contributed by atoms with Crippen LogP contribution in [0.4, 0.5) is 5.69 Å². The molecule has 1 fully saturated rings. The third-order valence-electron chi connectivity index (χ3n) is 7.12. The highest BCUT2D eigenvalue weighted by atomic mass is 16.5. The lowest BCUT2D eigenvalue weighted by atomic mass is 9.97. The fourth-order valence-electron chi connectivity index (χ4n) is 4.77. The number of ketones is 1. The fraction of sp³-hybridized carbons (Fsp3) is 0.500. The molecule has 0 aliphatic carbocycles. The van der Waals surface area contributed by atoms with Crippen LogP contribution in [0.15, 0.2) is 54.6 Å². The van der Waals surface area contributed by atoms with Crippen molar-refractivity contribution in [3.8, 4) is 0 Å². The Morgan fingerprint density at radius 2 is 1.52 bits per heavy atom. The van der Waals surface area contributed by atoms with E-state index in [0.29, 0.717) is 45.4 Å². The number of nitrogens with one attached hydrogen (secondary N) is 1. The van der Waals surface area contributed by atoms with E-state index in [4.69, 9.17) is 21.9 Å². The summed E-state index contributed by atoms with van der Waals surface area (Å²) in [5, 5.41) is 2.83. The number of Topliss-reactive ketones (excluding diaryl/α,β-unsaturated/α-hetero) is 1. The van der Waals surface area contributed by atoms with E-state index in [9.17, 15) is 14.4 Å². The molecule has 2 aromatic carbocycles. The average molecular weight is 553 g/mol. The van der Waals surface area contributed by atoms with Gasteiger partial charge in [0.2, 0.25) is 11.8 Å². The second-order valence-electron chi connectivity index (χ2n) is 10.1. The van der Waals surface area contributed by atoms with Crippen molar-refractivity contribution in [2.45, 2.75) is 44.2 Å². The molecule has 1 saturated heterocycles. The van der Waals surface area contributed by atoms with Gasteiger partial charge in [0.1, 0.15) is 0 Å². The quantitative estimate of drug-likeness (QED) is 0.236. The number of hydrogen-bond acceptors (Lipinski definition) is 8. The van der Waals surface area contributed by atoms with E-state index in [1.54, 1.807) is 0 Å². The molecule has 0 spiro atoms. The lowest BCUT2D eigenvalue weighted by molar-refractivity contribution is -0.135. The minimum absolute atomic E-state index is 0.0621. The van der Waals surface area contributed by atoms with Crippen LogP contribution in [0, 0.1) is 0 Å². The van der Waals surface area contributed by atoms with Crippen molar-refractivity contribution >= 4 is 23.3 Å². The van der Waals surface area contributed by atoms with Crippen LogP contribution in [0.2, 0.25) is 0 Å². The van der Waals surface area contributed by atoms with Crippen molar-refractivity contribution in [1.29, 1.82) is 0 Å². The summed E-state index contributed by atoms with van der Waals surface area (Å²) in [6, 6.07) is 16.3. The highest BCUT2D eigenvalue weighted by Gasteiger charge is 2.26. The third kappa shape index (κ3) is 10.0. The summed E-state index contributed by atoms with van der Waals surface area (Å²) >= 11 is 0. The van der Waals surface area contributed by atoms with Crippen molar-refractivity contribution in [2.75, 3.05) is 57.4 Å². The molecule has 3 rings (SSSR count). The molecular formula is C30H44N6O4. The predicted molar refractivity (Wildman–Crippen MR) is 157 cm³/mol. The number of nitrogens with zero attached hydrogens (tertiary/aromatic N) is 2. The zero-order chi connectivity index (χ0) is 28.7. The predicted octanol–water partition coefficient (Wildman–Crippen LogP) is 0.606. The molecule has 2 atom stereocenters. The van der Waals surface area contributed by atoms with Gasteiger partial charge in [-0.05, 0) is 42.5 Å². The highest BCUT2D eigenvalue weighted by molar-refractivity contribution is 5.93. The summed E-state index contributed by atoms with van der Waals surface area (Å²) in [5.41, 5.74) is 20.6. The van der Waals surface area contributed by atoms with Gasteiger partial charge in [0.05, 0.1) is 31.7 Å². The summed E-state index contributed by atoms with van der Waals surface area (Å²) in [6.07, 6.45) is 1.74. The van der Waals surface area contributed by atoms with Gasteiger partial charge in [0, 0.05) is 51.4 Å². The third-order valence-corrected chi connectivity index (χ3v) is 7.12. The monoisotopic (exact) mass is 552 g/mol. The van der Waals surface area contributed by atoms with Crippen molar-refractivity contribution < 1.29 is 19.1 Å². The Morgan fingerprint density at radius 1 is 0.900 bits per heavy atom. The van der Waals surface area contributed by atoms with Gasteiger partial charge in [0.25, 0.3) is 0 Å². The minimum Gasteiger partial charge on any atom is -0.378 e. The van der Waals surface area contributed by atoms with Crippen LogP contribution >= 0.6 is 0 Å². The number of aryl methyl sites for hydroxylation is 2. The van der Waals surface area contributed by atoms with Crippen LogP contribution < -0.4 is 27.4 Å². The van der Waals surface area contributed by atoms with E-state index in [-0.39, 0.29) is 24.5 Å². The van der Waals surface area contributed by atoms with E-state index < -0.39 is 18.0 Å². The Labute approximate surface area is 237 Å². The summed E-state index contributed by atoms with van der Waals surface area (Å²) in [4.78, 5) is 42.7. The summed E-state index contributed by atoms with van der Waals surface area (Å²) < 4.78 is 5.43. The molecule has 2 aromatic rings. The van der Waals surface area contributed by atoms with Crippen LogP contribution in [0.25, 0.3) is 0 Å². The summed E-state index contributed by atoms with van der Waals surface area (Å²) in [5.74, 6) is -0.866. The Hall–Kier alpha value is -3.31. The van der Waals surface area contributed by atoms with E-state index in [1.165, 1.54) is 4.90 Å². The Balaban J connectivity index is 1.59. The van der Waals surface area contributed by atoms with Crippen LogP contribution in [0.5, 0.6) is 0 Å². The number of ether oxygens (including phenoxy) is 1. The first kappa shape index (κ1) is 31.2. The van der Waals surface area contributed by atoms with Crippen LogP contribution in [0.1, 0.15) is 30.4 Å². The Bertz CT molecular complexity index is 1050. The second-order valence-corrected chi connectivity index (χ2v) is 10.1. The van der Waals surface area contributed by atoms with Crippen molar-refractivity contribution in [3.05, 3.63) is 65.7 Å². The molecule has 10 nitrogen and oxygen atoms in total. The number of hydrogen-bond donors (Lipinski definition) is 4. The molecule has 1 heterocycles. The molecule has 0 aromatic heterocycles. The standard InChI is InChI=1S/C30H44N6O4/c31-14-16-36(17-15-32)29(38)22-26(33)30(39)34-27(12-8-23-4-2-1-3-5-23)28(37)13-9-24-6-10-25(11-7-24)35-18-20-40-21-19-35/h1-7,10-11,26-27H,8-9,12-22,31-33H2,(H,34,39)/t26-,27-/m0/s1. The summed E-state index contributed by atoms with van der Waals surface area (Å²) in [6.45, 7) is 4.46. The smallest absolute Gasteiger partial charge is 0.238 e. The first-order valence-corrected chi connectivity index (χ1v) is 14.1. The van der Waals surface area contributed by atoms with E-state index in [0.717, 1.165) is 43.1 Å². The molecule has 1 aliphatic heterocycles. The molecule has 218 valence electrons. The maximum Gasteiger partial charge on any atom is 0.238 e. The van der Waals surface area contributed by atoms with Crippen LogP contribution in [-0.4, -0.2) is 87.1 Å². The lowest BCUT2D eigenvalue weighted by Gasteiger charge is -2.29. The number of benzene rings is 2. The Morgan fingerprint density at radius 3 is 2.15 bits per heavy atom. The largest absolute Gasteiger partial charge is 0.378 e. The van der Waals surface area contributed by atoms with Gasteiger partial charge in [-0.2, -0.15) is 0 Å². The molecular weight excluding hydrogens is 508 g/mol. The highest BCUT2D eigenvalue weighted by Crippen LogP contribution is 2.18. The van der Waals surface area contributed by atoms with E-state index in [2.05, 4.69) is 22.3 Å². The number of rotatable bonds is 16. The Kier molecular flexibility index (Phi) is 13.0. The second kappa shape index (κ2) is 16.7. The summed E-state index contributed by atoms with van der Waals surface area (Å²) in [7, 11) is 0. The first-order chi connectivity index (χ1) is 19.4. The first-order valence-electron chi connectivity index (χ1n) is 14.1. The number of morpholine rings is 1. The number of nitrogens with two attached hydrogens (primary N) is 3. The van der Waals surface area contributed by atoms with Crippen molar-refractivity contribution in [1.82, 2.24) is 10.2 Å². The van der Waals surface area contributed by atoms with Gasteiger partial charge < -0.3 is 37.1 Å². The molecule has 10 heteroatoms. The zero-order valence-corrected chi connectivity index (χ0v) is 23.3. The van der Waals surface area contributed by atoms with Gasteiger partial charge in [-0.25, -0.2) is 0 Å². The fourth-order valence-corrected chi connectivity index (χ4v) is 4.77. The lowest BCUT2D eigenvalue weighted by Crippen LogP contribution is -2.51. The normalized spacial score (nSPS) is 14.8.